The molecule has 104 valence electrons. The van der Waals surface area contributed by atoms with E-state index in [-0.39, 0.29) is 0 Å². The number of hydrogen-bond donors (Lipinski definition) is 1. The first-order valence-corrected chi connectivity index (χ1v) is 7.40. The molecule has 1 saturated carbocycles. The summed E-state index contributed by atoms with van der Waals surface area (Å²) in [6.07, 6.45) is 3.46. The van der Waals surface area contributed by atoms with Crippen LogP contribution in [0.25, 0.3) is 0 Å². The summed E-state index contributed by atoms with van der Waals surface area (Å²) < 4.78 is 5.83. The molecule has 1 aliphatic carbocycles. The van der Waals surface area contributed by atoms with Crippen molar-refractivity contribution in [3.8, 4) is 0 Å². The zero-order valence-corrected chi connectivity index (χ0v) is 11.9. The first-order valence-electron chi connectivity index (χ1n) is 7.02. The summed E-state index contributed by atoms with van der Waals surface area (Å²) in [5.41, 5.74) is 1.94. The Morgan fingerprint density at radius 1 is 1.42 bits per heavy atom. The van der Waals surface area contributed by atoms with Gasteiger partial charge in [-0.2, -0.15) is 0 Å². The topological polar surface area (TPSA) is 32.7 Å². The fraction of sp³-hybridized carbons (Fsp3) is 0.600. The van der Waals surface area contributed by atoms with Gasteiger partial charge in [-0.15, -0.1) is 0 Å². The van der Waals surface area contributed by atoms with E-state index in [4.69, 9.17) is 16.3 Å². The minimum Gasteiger partial charge on any atom is -0.389 e. The molecule has 3 atom stereocenters. The van der Waals surface area contributed by atoms with Crippen molar-refractivity contribution < 1.29 is 9.84 Å². The molecule has 3 rings (SSSR count). The van der Waals surface area contributed by atoms with E-state index < -0.39 is 6.10 Å². The number of ether oxygens (including phenoxy) is 1. The smallest absolute Gasteiger partial charge is 0.0779 e. The Morgan fingerprint density at radius 2 is 2.26 bits per heavy atom. The monoisotopic (exact) mass is 281 g/mol. The van der Waals surface area contributed by atoms with Crippen LogP contribution in [0, 0.1) is 0 Å². The van der Waals surface area contributed by atoms with Crippen LogP contribution in [0.15, 0.2) is 18.2 Å². The molecule has 1 aromatic rings. The maximum absolute atomic E-state index is 9.64. The molecule has 3 unspecified atom stereocenters. The number of nitrogens with zero attached hydrogens (tertiary/aromatic N) is 1. The van der Waals surface area contributed by atoms with Gasteiger partial charge in [0, 0.05) is 17.3 Å². The fourth-order valence-electron chi connectivity index (χ4n) is 3.28. The number of morpholine rings is 1. The van der Waals surface area contributed by atoms with Crippen molar-refractivity contribution in [1.29, 1.82) is 0 Å². The van der Waals surface area contributed by atoms with Crippen LogP contribution in [0.2, 0.25) is 5.02 Å². The van der Waals surface area contributed by atoms with E-state index in [1.807, 2.05) is 12.1 Å². The molecule has 1 heterocycles. The number of benzene rings is 1. The minimum absolute atomic E-state index is 0.379. The third kappa shape index (κ3) is 2.47. The summed E-state index contributed by atoms with van der Waals surface area (Å²) >= 11 is 6.27. The molecule has 0 radical (unpaired) electrons. The Morgan fingerprint density at radius 3 is 3.00 bits per heavy atom. The Hall–Kier alpha value is -0.770. The third-order valence-electron chi connectivity index (χ3n) is 4.25. The van der Waals surface area contributed by atoms with E-state index in [0.29, 0.717) is 17.2 Å². The van der Waals surface area contributed by atoms with Crippen molar-refractivity contribution in [3.63, 3.8) is 0 Å². The van der Waals surface area contributed by atoms with Crippen LogP contribution < -0.4 is 4.90 Å². The highest BCUT2D eigenvalue weighted by Gasteiger charge is 2.36. The number of rotatable bonds is 2. The SMILES string of the molecule is CC(O)c1ccc(N2CCOC3CCCC32)cc1Cl. The van der Waals surface area contributed by atoms with Gasteiger partial charge in [0.25, 0.3) is 0 Å². The minimum atomic E-state index is -0.523. The molecule has 2 fully saturated rings. The molecule has 1 aromatic carbocycles. The van der Waals surface area contributed by atoms with E-state index in [1.54, 1.807) is 6.92 Å². The summed E-state index contributed by atoms with van der Waals surface area (Å²) in [7, 11) is 0. The van der Waals surface area contributed by atoms with Crippen LogP contribution in [0.1, 0.15) is 37.9 Å². The van der Waals surface area contributed by atoms with Crippen LogP contribution in [0.4, 0.5) is 5.69 Å². The lowest BCUT2D eigenvalue weighted by Gasteiger charge is -2.39. The van der Waals surface area contributed by atoms with Crippen LogP contribution in [0.3, 0.4) is 0 Å². The fourth-order valence-corrected chi connectivity index (χ4v) is 3.61. The van der Waals surface area contributed by atoms with E-state index in [9.17, 15) is 5.11 Å². The lowest BCUT2D eigenvalue weighted by atomic mass is 10.1. The van der Waals surface area contributed by atoms with Crippen molar-refractivity contribution >= 4 is 17.3 Å². The van der Waals surface area contributed by atoms with Crippen LogP contribution in [-0.2, 0) is 4.74 Å². The van der Waals surface area contributed by atoms with Gasteiger partial charge in [-0.25, -0.2) is 0 Å². The number of hydrogen-bond acceptors (Lipinski definition) is 3. The molecule has 2 aliphatic rings. The van der Waals surface area contributed by atoms with Crippen molar-refractivity contribution in [1.82, 2.24) is 0 Å². The second-order valence-electron chi connectivity index (χ2n) is 5.48. The molecule has 1 N–H and O–H groups in total. The Kier molecular flexibility index (Phi) is 3.70. The van der Waals surface area contributed by atoms with Crippen molar-refractivity contribution in [2.24, 2.45) is 0 Å². The summed E-state index contributed by atoms with van der Waals surface area (Å²) in [5.74, 6) is 0. The predicted molar refractivity (Wildman–Crippen MR) is 76.8 cm³/mol. The van der Waals surface area contributed by atoms with Crippen molar-refractivity contribution in [3.05, 3.63) is 28.8 Å². The summed E-state index contributed by atoms with van der Waals surface area (Å²) in [4.78, 5) is 2.42. The van der Waals surface area contributed by atoms with Gasteiger partial charge < -0.3 is 14.7 Å². The quantitative estimate of drug-likeness (QED) is 0.904. The number of anilines is 1. The molecule has 1 saturated heterocycles. The Balaban J connectivity index is 1.87. The van der Waals surface area contributed by atoms with Crippen molar-refractivity contribution in [2.45, 2.75) is 44.4 Å². The first kappa shape index (κ1) is 13.2. The Labute approximate surface area is 119 Å². The number of aliphatic hydroxyl groups is 1. The van der Waals surface area contributed by atoms with E-state index in [2.05, 4.69) is 11.0 Å². The first-order chi connectivity index (χ1) is 9.16. The largest absolute Gasteiger partial charge is 0.389 e. The average Bonchev–Trinajstić information content (AvgIpc) is 2.86. The predicted octanol–water partition coefficient (Wildman–Crippen LogP) is 3.15. The highest BCUT2D eigenvalue weighted by molar-refractivity contribution is 6.31. The second-order valence-corrected chi connectivity index (χ2v) is 5.89. The van der Waals surface area contributed by atoms with Gasteiger partial charge in [-0.3, -0.25) is 0 Å². The third-order valence-corrected chi connectivity index (χ3v) is 4.58. The molecular weight excluding hydrogens is 262 g/mol. The van der Waals surface area contributed by atoms with Crippen LogP contribution in [-0.4, -0.2) is 30.4 Å². The summed E-state index contributed by atoms with van der Waals surface area (Å²) in [6, 6.07) is 6.46. The van der Waals surface area contributed by atoms with E-state index >= 15 is 0 Å². The number of aliphatic hydroxyl groups excluding tert-OH is 1. The molecule has 0 amide bonds. The van der Waals surface area contributed by atoms with Gasteiger partial charge in [0.1, 0.15) is 0 Å². The van der Waals surface area contributed by atoms with Crippen LogP contribution >= 0.6 is 11.6 Å². The van der Waals surface area contributed by atoms with Crippen molar-refractivity contribution in [2.75, 3.05) is 18.1 Å². The second kappa shape index (κ2) is 5.31. The molecule has 0 spiro atoms. The average molecular weight is 282 g/mol. The van der Waals surface area contributed by atoms with Gasteiger partial charge in [0.15, 0.2) is 0 Å². The normalized spacial score (nSPS) is 28.3. The van der Waals surface area contributed by atoms with Gasteiger partial charge in [-0.05, 0) is 43.9 Å². The molecule has 1 aliphatic heterocycles. The lowest BCUT2D eigenvalue weighted by molar-refractivity contribution is 0.0256. The van der Waals surface area contributed by atoms with E-state index in [0.717, 1.165) is 24.4 Å². The van der Waals surface area contributed by atoms with E-state index in [1.165, 1.54) is 19.3 Å². The molecule has 3 nitrogen and oxygen atoms in total. The van der Waals surface area contributed by atoms with Gasteiger partial charge in [0.05, 0.1) is 24.9 Å². The van der Waals surface area contributed by atoms with Gasteiger partial charge in [-0.1, -0.05) is 17.7 Å². The van der Waals surface area contributed by atoms with Gasteiger partial charge >= 0.3 is 0 Å². The summed E-state index contributed by atoms with van der Waals surface area (Å²) in [5, 5.41) is 10.3. The summed E-state index contributed by atoms with van der Waals surface area (Å²) in [6.45, 7) is 3.45. The maximum Gasteiger partial charge on any atom is 0.0779 e. The standard InChI is InChI=1S/C15H20ClNO2/c1-10(18)12-6-5-11(9-13(12)16)17-7-8-19-15-4-2-3-14(15)17/h5-6,9-10,14-15,18H,2-4,7-8H2,1H3. The molecular formula is C15H20ClNO2. The molecule has 0 bridgehead atoms. The number of halogens is 1. The zero-order valence-electron chi connectivity index (χ0n) is 11.2. The molecule has 0 aromatic heterocycles. The molecule has 19 heavy (non-hydrogen) atoms. The number of fused-ring (bicyclic) bond motifs is 1. The molecule has 4 heteroatoms. The highest BCUT2D eigenvalue weighted by atomic mass is 35.5. The highest BCUT2D eigenvalue weighted by Crippen LogP contribution is 2.35. The van der Waals surface area contributed by atoms with Gasteiger partial charge in [0.2, 0.25) is 0 Å². The zero-order chi connectivity index (χ0) is 13.4. The lowest BCUT2D eigenvalue weighted by Crippen LogP contribution is -2.48. The van der Waals surface area contributed by atoms with Crippen LogP contribution in [0.5, 0.6) is 0 Å². The maximum atomic E-state index is 9.64. The Bertz CT molecular complexity index is 463.